The summed E-state index contributed by atoms with van der Waals surface area (Å²) in [5, 5.41) is 18.0. The predicted molar refractivity (Wildman–Crippen MR) is 105 cm³/mol. The van der Waals surface area contributed by atoms with E-state index in [2.05, 4.69) is 10.2 Å². The fourth-order valence-electron chi connectivity index (χ4n) is 2.59. The largest absolute Gasteiger partial charge is 0.768 e. The minimum Gasteiger partial charge on any atom is -0.768 e. The van der Waals surface area contributed by atoms with Gasteiger partial charge in [-0.1, -0.05) is 0 Å². The second kappa shape index (κ2) is 8.17. The molecule has 14 heteroatoms. The highest BCUT2D eigenvalue weighted by atomic mass is 32.2. The van der Waals surface area contributed by atoms with Crippen LogP contribution >= 0.6 is 0 Å². The van der Waals surface area contributed by atoms with Crippen LogP contribution in [0.25, 0.3) is 10.8 Å². The van der Waals surface area contributed by atoms with E-state index in [1.165, 1.54) is 18.2 Å². The maximum Gasteiger partial charge on any atom is 0.296 e. The summed E-state index contributed by atoms with van der Waals surface area (Å²) in [4.78, 5) is -1.53. The predicted octanol–water partition coefficient (Wildman–Crippen LogP) is 2.27. The molecule has 2 unspecified atom stereocenters. The molecule has 0 fully saturated rings. The molecular formula is C16H11N3O8S3-2. The average Bonchev–Trinajstić information content (AvgIpc) is 2.65. The van der Waals surface area contributed by atoms with E-state index >= 15 is 0 Å². The van der Waals surface area contributed by atoms with Gasteiger partial charge in [0, 0.05) is 16.0 Å². The van der Waals surface area contributed by atoms with Crippen LogP contribution in [0.15, 0.2) is 67.4 Å². The van der Waals surface area contributed by atoms with Crippen molar-refractivity contribution in [3.63, 3.8) is 0 Å². The van der Waals surface area contributed by atoms with Crippen LogP contribution in [-0.2, 0) is 32.3 Å². The van der Waals surface area contributed by atoms with E-state index in [1.54, 1.807) is 0 Å². The van der Waals surface area contributed by atoms with Crippen molar-refractivity contribution in [1.29, 1.82) is 0 Å². The number of phenolic OH excluding ortho intramolecular Hbond substituents is 1. The number of nitrogens with zero attached hydrogens (tertiary/aromatic N) is 2. The van der Waals surface area contributed by atoms with Gasteiger partial charge in [0.15, 0.2) is 5.75 Å². The molecule has 3 aromatic rings. The van der Waals surface area contributed by atoms with Crippen LogP contribution in [0.5, 0.6) is 5.75 Å². The smallest absolute Gasteiger partial charge is 0.296 e. The number of benzene rings is 3. The summed E-state index contributed by atoms with van der Waals surface area (Å²) < 4.78 is 78.1. The molecular weight excluding hydrogens is 458 g/mol. The summed E-state index contributed by atoms with van der Waals surface area (Å²) in [7, 11) is -4.89. The molecule has 0 bridgehead atoms. The maximum absolute atomic E-state index is 11.8. The number of aromatic hydroxyl groups is 1. The third kappa shape index (κ3) is 4.38. The first kappa shape index (κ1) is 21.9. The third-order valence-corrected chi connectivity index (χ3v) is 6.12. The number of nitrogen functional groups attached to an aromatic ring is 1. The van der Waals surface area contributed by atoms with E-state index in [4.69, 9.17) is 5.73 Å². The van der Waals surface area contributed by atoms with Gasteiger partial charge in [0.2, 0.25) is 0 Å². The number of hydrogen-bond acceptors (Lipinski definition) is 10. The Morgan fingerprint density at radius 3 is 2.27 bits per heavy atom. The van der Waals surface area contributed by atoms with Crippen molar-refractivity contribution < 1.29 is 35.6 Å². The molecule has 0 aliphatic carbocycles. The van der Waals surface area contributed by atoms with Gasteiger partial charge in [-0.2, -0.15) is 8.42 Å². The first-order chi connectivity index (χ1) is 14.0. The van der Waals surface area contributed by atoms with Crippen molar-refractivity contribution in [3.05, 3.63) is 42.5 Å². The summed E-state index contributed by atoms with van der Waals surface area (Å²) >= 11 is -5.52. The van der Waals surface area contributed by atoms with Gasteiger partial charge < -0.3 is 19.9 Å². The highest BCUT2D eigenvalue weighted by Gasteiger charge is 2.22. The lowest BCUT2D eigenvalue weighted by Crippen LogP contribution is -1.99. The first-order valence-electron chi connectivity index (χ1n) is 7.76. The van der Waals surface area contributed by atoms with Gasteiger partial charge in [-0.3, -0.25) is 13.0 Å². The van der Waals surface area contributed by atoms with Crippen LogP contribution < -0.4 is 5.73 Å². The zero-order chi connectivity index (χ0) is 22.2. The Kier molecular flexibility index (Phi) is 5.98. The summed E-state index contributed by atoms with van der Waals surface area (Å²) in [5.41, 5.74) is 4.81. The lowest BCUT2D eigenvalue weighted by atomic mass is 10.1. The van der Waals surface area contributed by atoms with Gasteiger partial charge in [-0.25, -0.2) is 0 Å². The molecule has 0 aliphatic rings. The number of nitrogens with two attached hydrogens (primary N) is 1. The van der Waals surface area contributed by atoms with Gasteiger partial charge in [0.25, 0.3) is 10.1 Å². The van der Waals surface area contributed by atoms with Crippen molar-refractivity contribution in [3.8, 4) is 5.75 Å². The molecule has 0 heterocycles. The average molecular weight is 469 g/mol. The second-order valence-electron chi connectivity index (χ2n) is 5.83. The van der Waals surface area contributed by atoms with Crippen LogP contribution in [0.1, 0.15) is 0 Å². The second-order valence-corrected chi connectivity index (χ2v) is 9.07. The van der Waals surface area contributed by atoms with Gasteiger partial charge in [-0.15, -0.1) is 10.2 Å². The van der Waals surface area contributed by atoms with E-state index < -0.39 is 59.2 Å². The fourth-order valence-corrected chi connectivity index (χ4v) is 4.08. The molecule has 3 aromatic carbocycles. The quantitative estimate of drug-likeness (QED) is 0.216. The zero-order valence-corrected chi connectivity index (χ0v) is 17.0. The zero-order valence-electron chi connectivity index (χ0n) is 14.6. The van der Waals surface area contributed by atoms with Crippen molar-refractivity contribution >= 4 is 60.1 Å². The minimum absolute atomic E-state index is 0.132. The van der Waals surface area contributed by atoms with E-state index in [1.807, 2.05) is 0 Å². The Morgan fingerprint density at radius 1 is 0.967 bits per heavy atom. The molecule has 30 heavy (non-hydrogen) atoms. The van der Waals surface area contributed by atoms with Crippen molar-refractivity contribution in [2.45, 2.75) is 14.7 Å². The number of anilines is 1. The lowest BCUT2D eigenvalue weighted by Gasteiger charge is -2.12. The van der Waals surface area contributed by atoms with Crippen molar-refractivity contribution in [1.82, 2.24) is 0 Å². The van der Waals surface area contributed by atoms with Crippen LogP contribution in [0.4, 0.5) is 17.1 Å². The van der Waals surface area contributed by atoms with E-state index in [0.29, 0.717) is 0 Å². The molecule has 11 nitrogen and oxygen atoms in total. The van der Waals surface area contributed by atoms with Crippen LogP contribution in [0, 0.1) is 0 Å². The summed E-state index contributed by atoms with van der Waals surface area (Å²) in [6.07, 6.45) is 0. The molecule has 0 radical (unpaired) electrons. The minimum atomic E-state index is -4.89. The number of phenols is 1. The SMILES string of the molecule is Nc1ccc2c(O)c(N=Nc3cc(S(=O)[O-])ccc3S(=O)[O-])c(S(=O)(=O)O)cc2c1. The van der Waals surface area contributed by atoms with E-state index in [-0.39, 0.29) is 21.4 Å². The molecule has 4 N–H and O–H groups in total. The summed E-state index contributed by atoms with van der Waals surface area (Å²) in [6, 6.07) is 8.06. The Balaban J connectivity index is 2.28. The summed E-state index contributed by atoms with van der Waals surface area (Å²) in [6.45, 7) is 0. The monoisotopic (exact) mass is 469 g/mol. The van der Waals surface area contributed by atoms with E-state index in [0.717, 1.165) is 24.3 Å². The standard InChI is InChI=1S/C16H13N3O8S3/c17-9-1-3-11-8(5-9)6-14(30(25,26)27)15(16(11)20)19-18-12-7-10(28(21)22)2-4-13(12)29(23)24/h1-7,20H,17H2,(H,21,22)(H,23,24)(H,25,26,27)/p-2. The van der Waals surface area contributed by atoms with Crippen LogP contribution in [0.3, 0.4) is 0 Å². The Morgan fingerprint density at radius 2 is 1.67 bits per heavy atom. The van der Waals surface area contributed by atoms with Gasteiger partial charge in [-0.05, 0) is 70.0 Å². The molecule has 0 saturated heterocycles. The Hall–Kier alpha value is -2.75. The molecule has 158 valence electrons. The summed E-state index contributed by atoms with van der Waals surface area (Å²) in [5.74, 6) is -0.669. The highest BCUT2D eigenvalue weighted by molar-refractivity contribution is 7.86. The van der Waals surface area contributed by atoms with Crippen molar-refractivity contribution in [2.75, 3.05) is 5.73 Å². The van der Waals surface area contributed by atoms with Crippen LogP contribution in [0.2, 0.25) is 0 Å². The third-order valence-electron chi connectivity index (χ3n) is 3.91. The Labute approximate surface area is 174 Å². The number of azo groups is 1. The molecule has 2 atom stereocenters. The molecule has 0 amide bonds. The molecule has 0 saturated carbocycles. The van der Waals surface area contributed by atoms with Gasteiger partial charge in [0.05, 0.1) is 4.90 Å². The molecule has 0 aliphatic heterocycles. The van der Waals surface area contributed by atoms with Crippen LogP contribution in [-0.4, -0.2) is 35.6 Å². The number of hydrogen-bond donors (Lipinski definition) is 3. The highest BCUT2D eigenvalue weighted by Crippen LogP contribution is 2.42. The maximum atomic E-state index is 11.8. The first-order valence-corrected chi connectivity index (χ1v) is 11.3. The van der Waals surface area contributed by atoms with Gasteiger partial charge >= 0.3 is 0 Å². The topological polar surface area (TPSA) is 206 Å². The van der Waals surface area contributed by atoms with Crippen molar-refractivity contribution in [2.24, 2.45) is 10.2 Å². The number of rotatable bonds is 5. The lowest BCUT2D eigenvalue weighted by molar-refractivity contribution is 0.472. The number of fused-ring (bicyclic) bond motifs is 1. The van der Waals surface area contributed by atoms with Gasteiger partial charge in [0.1, 0.15) is 16.3 Å². The normalized spacial score (nSPS) is 14.2. The van der Waals surface area contributed by atoms with E-state index in [9.17, 15) is 35.6 Å². The Bertz CT molecular complexity index is 1360. The fraction of sp³-hybridized carbons (Fsp3) is 0. The molecule has 0 spiro atoms. The molecule has 3 rings (SSSR count). The molecule has 0 aromatic heterocycles.